The Morgan fingerprint density at radius 3 is 2.29 bits per heavy atom. The SMILES string of the molecule is O=C(Nc1cccc(-c2ccc(-c3nc4ccc(C(F)(F)F)cc4[nH]3)cc2)c1)c1ccncc1. The maximum absolute atomic E-state index is 13.0. The molecule has 0 fully saturated rings. The van der Waals surface area contributed by atoms with Crippen molar-refractivity contribution < 1.29 is 18.0 Å². The average Bonchev–Trinajstić information content (AvgIpc) is 3.28. The summed E-state index contributed by atoms with van der Waals surface area (Å²) in [5, 5.41) is 2.87. The van der Waals surface area contributed by atoms with Gasteiger partial charge >= 0.3 is 6.18 Å². The molecular formula is C26H17F3N4O. The second kappa shape index (κ2) is 8.47. The van der Waals surface area contributed by atoms with E-state index in [-0.39, 0.29) is 5.91 Å². The van der Waals surface area contributed by atoms with Gasteiger partial charge in [-0.25, -0.2) is 4.98 Å². The van der Waals surface area contributed by atoms with Gasteiger partial charge in [0, 0.05) is 29.2 Å². The minimum Gasteiger partial charge on any atom is -0.338 e. The summed E-state index contributed by atoms with van der Waals surface area (Å²) >= 11 is 0. The van der Waals surface area contributed by atoms with Crippen molar-refractivity contribution in [3.05, 3.63) is 102 Å². The maximum atomic E-state index is 13.0. The zero-order valence-corrected chi connectivity index (χ0v) is 17.6. The monoisotopic (exact) mass is 458 g/mol. The molecule has 34 heavy (non-hydrogen) atoms. The minimum atomic E-state index is -4.41. The minimum absolute atomic E-state index is 0.228. The van der Waals surface area contributed by atoms with Crippen molar-refractivity contribution in [3.63, 3.8) is 0 Å². The summed E-state index contributed by atoms with van der Waals surface area (Å²) in [4.78, 5) is 23.7. The summed E-state index contributed by atoms with van der Waals surface area (Å²) in [6, 6.07) is 21.7. The second-order valence-corrected chi connectivity index (χ2v) is 7.66. The summed E-state index contributed by atoms with van der Waals surface area (Å²) in [6.07, 6.45) is -1.29. The fourth-order valence-electron chi connectivity index (χ4n) is 3.63. The van der Waals surface area contributed by atoms with Crippen molar-refractivity contribution in [2.24, 2.45) is 0 Å². The Hall–Kier alpha value is -4.46. The molecule has 5 rings (SSSR count). The van der Waals surface area contributed by atoms with Crippen LogP contribution in [0.25, 0.3) is 33.5 Å². The third kappa shape index (κ3) is 4.38. The molecule has 1 amide bonds. The molecule has 0 atom stereocenters. The average molecular weight is 458 g/mol. The number of rotatable bonds is 4. The number of anilines is 1. The van der Waals surface area contributed by atoms with E-state index in [1.807, 2.05) is 42.5 Å². The number of carbonyl (C=O) groups is 1. The van der Waals surface area contributed by atoms with Crippen LogP contribution in [0, 0.1) is 0 Å². The first-order chi connectivity index (χ1) is 16.4. The smallest absolute Gasteiger partial charge is 0.338 e. The highest BCUT2D eigenvalue weighted by molar-refractivity contribution is 6.04. The number of hydrogen-bond acceptors (Lipinski definition) is 3. The molecule has 2 N–H and O–H groups in total. The van der Waals surface area contributed by atoms with Gasteiger partial charge in [0.05, 0.1) is 16.6 Å². The maximum Gasteiger partial charge on any atom is 0.416 e. The number of benzene rings is 3. The highest BCUT2D eigenvalue weighted by atomic mass is 19.4. The summed E-state index contributed by atoms with van der Waals surface area (Å²) < 4.78 is 38.9. The number of nitrogens with zero attached hydrogens (tertiary/aromatic N) is 2. The quantitative estimate of drug-likeness (QED) is 0.320. The zero-order chi connectivity index (χ0) is 23.7. The fourth-order valence-corrected chi connectivity index (χ4v) is 3.63. The zero-order valence-electron chi connectivity index (χ0n) is 17.6. The predicted octanol–water partition coefficient (Wildman–Crippen LogP) is 6.56. The van der Waals surface area contributed by atoms with Crippen molar-refractivity contribution in [2.75, 3.05) is 5.32 Å². The van der Waals surface area contributed by atoms with Gasteiger partial charge in [0.1, 0.15) is 5.82 Å². The number of aromatic nitrogens is 3. The number of H-pyrrole nitrogens is 1. The van der Waals surface area contributed by atoms with Crippen LogP contribution in [0.5, 0.6) is 0 Å². The molecule has 0 radical (unpaired) electrons. The Balaban J connectivity index is 1.37. The lowest BCUT2D eigenvalue weighted by atomic mass is 10.0. The molecule has 0 saturated carbocycles. The van der Waals surface area contributed by atoms with Gasteiger partial charge in [-0.05, 0) is 53.6 Å². The number of aromatic amines is 1. The fraction of sp³-hybridized carbons (Fsp3) is 0.0385. The van der Waals surface area contributed by atoms with Crippen LogP contribution in [0.3, 0.4) is 0 Å². The number of imidazole rings is 1. The molecule has 0 saturated heterocycles. The molecule has 2 heterocycles. The number of alkyl halides is 3. The van der Waals surface area contributed by atoms with E-state index in [2.05, 4.69) is 20.3 Å². The van der Waals surface area contributed by atoms with E-state index in [1.54, 1.807) is 30.6 Å². The van der Waals surface area contributed by atoms with Crippen molar-refractivity contribution in [1.82, 2.24) is 15.0 Å². The van der Waals surface area contributed by atoms with Crippen LogP contribution in [0.2, 0.25) is 0 Å². The van der Waals surface area contributed by atoms with E-state index in [0.29, 0.717) is 28.1 Å². The third-order valence-corrected chi connectivity index (χ3v) is 5.36. The summed E-state index contributed by atoms with van der Waals surface area (Å²) in [7, 11) is 0. The van der Waals surface area contributed by atoms with Crippen LogP contribution >= 0.6 is 0 Å². The molecule has 0 spiro atoms. The Bertz CT molecular complexity index is 1480. The van der Waals surface area contributed by atoms with E-state index < -0.39 is 11.7 Å². The predicted molar refractivity (Wildman–Crippen MR) is 124 cm³/mol. The molecule has 5 aromatic rings. The number of amides is 1. The first-order valence-corrected chi connectivity index (χ1v) is 10.4. The van der Waals surface area contributed by atoms with Crippen molar-refractivity contribution >= 4 is 22.6 Å². The molecule has 0 aliphatic heterocycles. The van der Waals surface area contributed by atoms with Crippen LogP contribution < -0.4 is 5.32 Å². The Morgan fingerprint density at radius 1 is 0.824 bits per heavy atom. The van der Waals surface area contributed by atoms with E-state index in [1.165, 1.54) is 6.07 Å². The molecule has 0 bridgehead atoms. The topological polar surface area (TPSA) is 70.7 Å². The normalized spacial score (nSPS) is 11.5. The van der Waals surface area contributed by atoms with Gasteiger partial charge in [0.25, 0.3) is 5.91 Å². The first kappa shape index (κ1) is 21.4. The first-order valence-electron chi connectivity index (χ1n) is 10.4. The van der Waals surface area contributed by atoms with Gasteiger partial charge in [0.2, 0.25) is 0 Å². The van der Waals surface area contributed by atoms with Gasteiger partial charge in [-0.2, -0.15) is 13.2 Å². The van der Waals surface area contributed by atoms with Crippen LogP contribution in [0.4, 0.5) is 18.9 Å². The number of carbonyl (C=O) groups excluding carboxylic acids is 1. The van der Waals surface area contributed by atoms with E-state index in [9.17, 15) is 18.0 Å². The van der Waals surface area contributed by atoms with Crippen molar-refractivity contribution in [2.45, 2.75) is 6.18 Å². The van der Waals surface area contributed by atoms with E-state index in [0.717, 1.165) is 28.8 Å². The van der Waals surface area contributed by atoms with Crippen molar-refractivity contribution in [1.29, 1.82) is 0 Å². The van der Waals surface area contributed by atoms with Crippen LogP contribution in [-0.4, -0.2) is 20.9 Å². The molecule has 2 aromatic heterocycles. The summed E-state index contributed by atoms with van der Waals surface area (Å²) in [6.45, 7) is 0. The number of halogens is 3. The van der Waals surface area contributed by atoms with E-state index in [4.69, 9.17) is 0 Å². The molecule has 0 aliphatic carbocycles. The Morgan fingerprint density at radius 2 is 1.56 bits per heavy atom. The molecule has 5 nitrogen and oxygen atoms in total. The van der Waals surface area contributed by atoms with Gasteiger partial charge in [-0.3, -0.25) is 9.78 Å². The van der Waals surface area contributed by atoms with Crippen LogP contribution in [-0.2, 0) is 6.18 Å². The number of pyridine rings is 1. The van der Waals surface area contributed by atoms with Gasteiger partial charge < -0.3 is 10.3 Å². The van der Waals surface area contributed by atoms with Gasteiger partial charge in [-0.1, -0.05) is 36.4 Å². The standard InChI is InChI=1S/C26H17F3N4O/c27-26(28,29)20-8-9-22-23(15-20)33-24(32-22)17-6-4-16(5-7-17)19-2-1-3-21(14-19)31-25(34)18-10-12-30-13-11-18/h1-15H,(H,31,34)(H,32,33). The number of nitrogens with one attached hydrogen (secondary N) is 2. The summed E-state index contributed by atoms with van der Waals surface area (Å²) in [5.74, 6) is 0.257. The lowest BCUT2D eigenvalue weighted by Gasteiger charge is -2.08. The Labute approximate surface area is 192 Å². The lowest BCUT2D eigenvalue weighted by Crippen LogP contribution is -2.11. The largest absolute Gasteiger partial charge is 0.416 e. The molecule has 3 aromatic carbocycles. The van der Waals surface area contributed by atoms with E-state index >= 15 is 0 Å². The highest BCUT2D eigenvalue weighted by Crippen LogP contribution is 2.32. The molecular weight excluding hydrogens is 441 g/mol. The molecule has 0 aliphatic rings. The number of fused-ring (bicyclic) bond motifs is 1. The van der Waals surface area contributed by atoms with Crippen LogP contribution in [0.1, 0.15) is 15.9 Å². The van der Waals surface area contributed by atoms with Gasteiger partial charge in [-0.15, -0.1) is 0 Å². The number of hydrogen-bond donors (Lipinski definition) is 2. The van der Waals surface area contributed by atoms with Crippen LogP contribution in [0.15, 0.2) is 91.3 Å². The van der Waals surface area contributed by atoms with Gasteiger partial charge in [0.15, 0.2) is 0 Å². The molecule has 168 valence electrons. The second-order valence-electron chi connectivity index (χ2n) is 7.66. The third-order valence-electron chi connectivity index (χ3n) is 5.36. The molecule has 8 heteroatoms. The lowest BCUT2D eigenvalue weighted by molar-refractivity contribution is -0.137. The highest BCUT2D eigenvalue weighted by Gasteiger charge is 2.30. The molecule has 0 unspecified atom stereocenters. The summed E-state index contributed by atoms with van der Waals surface area (Å²) in [5.41, 5.74) is 3.80. The Kier molecular flexibility index (Phi) is 5.33. The van der Waals surface area contributed by atoms with Crippen molar-refractivity contribution in [3.8, 4) is 22.5 Å².